The Balaban J connectivity index is 1.85. The van der Waals surface area contributed by atoms with Crippen molar-refractivity contribution >= 4 is 0 Å². The number of hydrogen-bond donors (Lipinski definition) is 7. The minimum Gasteiger partial charge on any atom is -0.502 e. The highest BCUT2D eigenvalue weighted by Crippen LogP contribution is 2.54. The van der Waals surface area contributed by atoms with E-state index in [1.807, 2.05) is 0 Å². The number of hydrogen-bond acceptors (Lipinski definition) is 13. The second-order valence-corrected chi connectivity index (χ2v) is 10.1. The molecule has 0 unspecified atom stereocenters. The van der Waals surface area contributed by atoms with E-state index in [0.717, 1.165) is 5.56 Å². The number of aliphatic hydroxyl groups excluding tert-OH is 5. The molecular weight excluding hydrogens is 544 g/mol. The molecule has 1 aliphatic carbocycles. The summed E-state index contributed by atoms with van der Waals surface area (Å²) in [7, 11) is 5.60. The summed E-state index contributed by atoms with van der Waals surface area (Å²) in [5.74, 6) is -1.51. The second kappa shape index (κ2) is 12.9. The molecule has 0 spiro atoms. The summed E-state index contributed by atoms with van der Waals surface area (Å²) < 4.78 is 33.3. The van der Waals surface area contributed by atoms with Crippen molar-refractivity contribution in [3.05, 3.63) is 34.9 Å². The first-order valence-electron chi connectivity index (χ1n) is 13.1. The van der Waals surface area contributed by atoms with E-state index in [1.54, 1.807) is 18.2 Å². The van der Waals surface area contributed by atoms with E-state index in [1.165, 1.54) is 28.4 Å². The standard InChI is InChI=1S/C28H38O13/c1-36-16-7-13(8-17(37-2)22(16)31)20-15(11-40-28-26(35)25(34)23(32)19(10-30)41-28)14(9-29)5-12-6-18(38-3)24(33)27(39-4)21(12)20/h6-8,14-15,19-20,23,25-26,28-35H,5,9-11H2,1-4H3/t14-,15+,19-,20+,23-,25+,26-,28-/m0/s1. The third-order valence-electron chi connectivity index (χ3n) is 7.99. The van der Waals surface area contributed by atoms with Gasteiger partial charge in [0.2, 0.25) is 11.5 Å². The van der Waals surface area contributed by atoms with Gasteiger partial charge in [0.05, 0.1) is 41.7 Å². The molecule has 2 aromatic rings. The fraction of sp³-hybridized carbons (Fsp3) is 0.571. The number of phenolic OH excluding ortho intramolecular Hbond substituents is 2. The predicted octanol–water partition coefficient (Wildman–Crippen LogP) is -0.139. The number of benzene rings is 2. The van der Waals surface area contributed by atoms with E-state index in [9.17, 15) is 35.7 Å². The van der Waals surface area contributed by atoms with Crippen molar-refractivity contribution in [2.45, 2.75) is 43.0 Å². The fourth-order valence-electron chi connectivity index (χ4n) is 5.83. The van der Waals surface area contributed by atoms with Crippen molar-refractivity contribution < 1.29 is 64.2 Å². The van der Waals surface area contributed by atoms with Crippen LogP contribution in [0.1, 0.15) is 22.6 Å². The Morgan fingerprint density at radius 1 is 0.780 bits per heavy atom. The van der Waals surface area contributed by atoms with E-state index in [2.05, 4.69) is 0 Å². The average molecular weight is 583 g/mol. The van der Waals surface area contributed by atoms with Crippen molar-refractivity contribution in [1.82, 2.24) is 0 Å². The predicted molar refractivity (Wildman–Crippen MR) is 142 cm³/mol. The molecule has 13 heteroatoms. The Morgan fingerprint density at radius 3 is 1.93 bits per heavy atom. The molecule has 2 aliphatic rings. The summed E-state index contributed by atoms with van der Waals surface area (Å²) in [6, 6.07) is 4.88. The third kappa shape index (κ3) is 5.58. The van der Waals surface area contributed by atoms with Gasteiger partial charge >= 0.3 is 0 Å². The molecule has 41 heavy (non-hydrogen) atoms. The van der Waals surface area contributed by atoms with Gasteiger partial charge in [0.1, 0.15) is 24.4 Å². The Morgan fingerprint density at radius 2 is 1.39 bits per heavy atom. The first kappa shape index (κ1) is 30.9. The van der Waals surface area contributed by atoms with Crippen LogP contribution in [0.4, 0.5) is 0 Å². The van der Waals surface area contributed by atoms with Crippen molar-refractivity contribution in [2.75, 3.05) is 48.3 Å². The first-order chi connectivity index (χ1) is 19.6. The van der Waals surface area contributed by atoms with Crippen LogP contribution >= 0.6 is 0 Å². The van der Waals surface area contributed by atoms with Crippen LogP contribution < -0.4 is 18.9 Å². The lowest BCUT2D eigenvalue weighted by Crippen LogP contribution is -2.59. The molecule has 0 bridgehead atoms. The lowest BCUT2D eigenvalue weighted by molar-refractivity contribution is -0.304. The summed E-state index contributed by atoms with van der Waals surface area (Å²) in [6.45, 7) is -1.02. The van der Waals surface area contributed by atoms with E-state index >= 15 is 0 Å². The zero-order valence-corrected chi connectivity index (χ0v) is 23.3. The quantitative estimate of drug-likeness (QED) is 0.196. The van der Waals surface area contributed by atoms with Crippen molar-refractivity contribution in [2.24, 2.45) is 11.8 Å². The van der Waals surface area contributed by atoms with Crippen LogP contribution in [0.15, 0.2) is 18.2 Å². The Bertz CT molecular complexity index is 1180. The molecule has 1 aliphatic heterocycles. The highest BCUT2D eigenvalue weighted by atomic mass is 16.7. The molecule has 2 aromatic carbocycles. The molecule has 0 radical (unpaired) electrons. The molecule has 228 valence electrons. The summed E-state index contributed by atoms with van der Waals surface area (Å²) in [5, 5.41) is 72.6. The maximum Gasteiger partial charge on any atom is 0.201 e. The fourth-order valence-corrected chi connectivity index (χ4v) is 5.83. The Hall–Kier alpha value is -3.04. The Labute approximate surface area is 237 Å². The number of aliphatic hydroxyl groups is 5. The second-order valence-electron chi connectivity index (χ2n) is 10.1. The zero-order valence-electron chi connectivity index (χ0n) is 23.3. The first-order valence-corrected chi connectivity index (χ1v) is 13.1. The lowest BCUT2D eigenvalue weighted by atomic mass is 9.66. The zero-order chi connectivity index (χ0) is 30.0. The number of ether oxygens (including phenoxy) is 6. The molecule has 1 fully saturated rings. The van der Waals surface area contributed by atoms with Gasteiger partial charge in [-0.25, -0.2) is 0 Å². The van der Waals surface area contributed by atoms with Crippen LogP contribution in [0.3, 0.4) is 0 Å². The SMILES string of the molecule is COc1cc([C@H]2c3c(cc(OC)c(O)c3OC)C[C@@H](CO)[C@H]2CO[C@H]2O[C@@H](CO)[C@H](O)[C@@H](O)[C@@H]2O)cc(OC)c1O. The number of methoxy groups -OCH3 is 4. The number of rotatable bonds is 10. The number of aromatic hydroxyl groups is 2. The van der Waals surface area contributed by atoms with E-state index in [-0.39, 0.29) is 47.7 Å². The van der Waals surface area contributed by atoms with Gasteiger partial charge in [-0.15, -0.1) is 0 Å². The monoisotopic (exact) mass is 582 g/mol. The minimum atomic E-state index is -1.63. The molecule has 0 aromatic heterocycles. The van der Waals surface area contributed by atoms with Crippen LogP contribution in [0.25, 0.3) is 0 Å². The van der Waals surface area contributed by atoms with Crippen LogP contribution in [-0.2, 0) is 15.9 Å². The molecule has 7 N–H and O–H groups in total. The van der Waals surface area contributed by atoms with Gasteiger partial charge in [0.15, 0.2) is 29.3 Å². The summed E-state index contributed by atoms with van der Waals surface area (Å²) in [4.78, 5) is 0. The van der Waals surface area contributed by atoms with E-state index < -0.39 is 55.1 Å². The summed E-state index contributed by atoms with van der Waals surface area (Å²) in [5.41, 5.74) is 1.88. The number of fused-ring (bicyclic) bond motifs is 1. The smallest absolute Gasteiger partial charge is 0.201 e. The maximum atomic E-state index is 11.0. The molecule has 0 saturated carbocycles. The van der Waals surface area contributed by atoms with E-state index in [4.69, 9.17) is 28.4 Å². The van der Waals surface area contributed by atoms with Crippen LogP contribution in [0.5, 0.6) is 34.5 Å². The molecule has 4 rings (SSSR count). The van der Waals surface area contributed by atoms with Crippen LogP contribution in [0, 0.1) is 11.8 Å². The van der Waals surface area contributed by atoms with Gasteiger partial charge in [-0.1, -0.05) is 0 Å². The molecule has 13 nitrogen and oxygen atoms in total. The summed E-state index contributed by atoms with van der Waals surface area (Å²) >= 11 is 0. The lowest BCUT2D eigenvalue weighted by Gasteiger charge is -2.43. The van der Waals surface area contributed by atoms with Gasteiger partial charge in [0, 0.05) is 18.1 Å². The topological polar surface area (TPSA) is 197 Å². The van der Waals surface area contributed by atoms with Gasteiger partial charge < -0.3 is 64.2 Å². The number of phenols is 2. The average Bonchev–Trinajstić information content (AvgIpc) is 2.98. The van der Waals surface area contributed by atoms with Crippen molar-refractivity contribution in [3.8, 4) is 34.5 Å². The van der Waals surface area contributed by atoms with Gasteiger partial charge in [-0.2, -0.15) is 0 Å². The summed E-state index contributed by atoms with van der Waals surface area (Å²) in [6.07, 6.45) is -7.02. The minimum absolute atomic E-state index is 0.123. The normalized spacial score (nSPS) is 29.5. The molecular formula is C28H38O13. The Kier molecular flexibility index (Phi) is 9.70. The van der Waals surface area contributed by atoms with Crippen LogP contribution in [-0.4, -0.2) is 115 Å². The van der Waals surface area contributed by atoms with Crippen molar-refractivity contribution in [1.29, 1.82) is 0 Å². The van der Waals surface area contributed by atoms with E-state index in [0.29, 0.717) is 17.5 Å². The van der Waals surface area contributed by atoms with Gasteiger partial charge in [-0.3, -0.25) is 0 Å². The molecule has 1 saturated heterocycles. The molecule has 0 amide bonds. The third-order valence-corrected chi connectivity index (χ3v) is 7.99. The van der Waals surface area contributed by atoms with Crippen molar-refractivity contribution in [3.63, 3.8) is 0 Å². The highest BCUT2D eigenvalue weighted by molar-refractivity contribution is 5.64. The molecule has 8 atom stereocenters. The maximum absolute atomic E-state index is 11.0. The van der Waals surface area contributed by atoms with Crippen LogP contribution in [0.2, 0.25) is 0 Å². The highest BCUT2D eigenvalue weighted by Gasteiger charge is 2.46. The molecule has 1 heterocycles. The largest absolute Gasteiger partial charge is 0.502 e. The van der Waals surface area contributed by atoms with Gasteiger partial charge in [-0.05, 0) is 47.6 Å². The van der Waals surface area contributed by atoms with Gasteiger partial charge in [0.25, 0.3) is 0 Å².